The molecule has 8 nitrogen and oxygen atoms in total. The van der Waals surface area contributed by atoms with E-state index in [1.54, 1.807) is 17.3 Å². The van der Waals surface area contributed by atoms with E-state index in [9.17, 15) is 9.59 Å². The SMILES string of the molecule is O=C1CCC(C(=O)N2CC(c3nc(-c4ccncc4)no3)C2)CN1. The number of carbonyl (C=O) groups is 2. The standard InChI is InChI=1S/C16H17N5O3/c22-13-2-1-11(7-18-13)16(23)21-8-12(9-21)15-19-14(20-24-15)10-3-5-17-6-4-10/h3-6,11-12H,1-2,7-9H2,(H,18,22). The predicted octanol–water partition coefficient (Wildman–Crippen LogP) is 0.584. The highest BCUT2D eigenvalue weighted by Crippen LogP contribution is 2.29. The van der Waals surface area contributed by atoms with Gasteiger partial charge in [0.25, 0.3) is 0 Å². The summed E-state index contributed by atoms with van der Waals surface area (Å²) in [5.74, 6) is 1.18. The van der Waals surface area contributed by atoms with Crippen LogP contribution in [0.2, 0.25) is 0 Å². The summed E-state index contributed by atoms with van der Waals surface area (Å²) in [6.07, 6.45) is 4.40. The van der Waals surface area contributed by atoms with Gasteiger partial charge in [-0.3, -0.25) is 14.6 Å². The Labute approximate surface area is 138 Å². The molecule has 0 bridgehead atoms. The monoisotopic (exact) mass is 327 g/mol. The molecule has 2 aromatic rings. The third-order valence-electron chi connectivity index (χ3n) is 4.54. The molecule has 4 heterocycles. The molecule has 1 unspecified atom stereocenters. The van der Waals surface area contributed by atoms with Crippen molar-refractivity contribution >= 4 is 11.8 Å². The second kappa shape index (κ2) is 6.03. The lowest BCUT2D eigenvalue weighted by Gasteiger charge is -2.39. The number of nitrogens with zero attached hydrogens (tertiary/aromatic N) is 4. The normalized spacial score (nSPS) is 21.2. The first-order chi connectivity index (χ1) is 11.7. The van der Waals surface area contributed by atoms with E-state index in [0.717, 1.165) is 5.56 Å². The predicted molar refractivity (Wildman–Crippen MR) is 82.6 cm³/mol. The molecule has 2 aromatic heterocycles. The molecule has 2 saturated heterocycles. The van der Waals surface area contributed by atoms with Crippen molar-refractivity contribution in [3.8, 4) is 11.4 Å². The van der Waals surface area contributed by atoms with Crippen LogP contribution in [0.3, 0.4) is 0 Å². The number of carbonyl (C=O) groups excluding carboxylic acids is 2. The van der Waals surface area contributed by atoms with Crippen molar-refractivity contribution < 1.29 is 14.1 Å². The number of likely N-dealkylation sites (tertiary alicyclic amines) is 1. The quantitative estimate of drug-likeness (QED) is 0.885. The Bertz CT molecular complexity index is 744. The summed E-state index contributed by atoms with van der Waals surface area (Å²) in [7, 11) is 0. The first-order valence-corrected chi connectivity index (χ1v) is 8.00. The van der Waals surface area contributed by atoms with Crippen molar-refractivity contribution in [2.45, 2.75) is 18.8 Å². The lowest BCUT2D eigenvalue weighted by molar-refractivity contribution is -0.142. The fourth-order valence-corrected chi connectivity index (χ4v) is 3.04. The van der Waals surface area contributed by atoms with E-state index in [1.807, 2.05) is 12.1 Å². The minimum atomic E-state index is -0.112. The van der Waals surface area contributed by atoms with E-state index in [-0.39, 0.29) is 23.7 Å². The van der Waals surface area contributed by atoms with Gasteiger partial charge in [0.15, 0.2) is 0 Å². The van der Waals surface area contributed by atoms with Gasteiger partial charge in [-0.15, -0.1) is 0 Å². The van der Waals surface area contributed by atoms with Crippen LogP contribution in [-0.4, -0.2) is 51.5 Å². The molecule has 124 valence electrons. The smallest absolute Gasteiger partial charge is 0.233 e. The van der Waals surface area contributed by atoms with Gasteiger partial charge in [0, 0.05) is 44.0 Å². The topological polar surface area (TPSA) is 101 Å². The first-order valence-electron chi connectivity index (χ1n) is 8.00. The van der Waals surface area contributed by atoms with Crippen LogP contribution in [-0.2, 0) is 9.59 Å². The summed E-state index contributed by atoms with van der Waals surface area (Å²) in [6.45, 7) is 1.61. The lowest BCUT2D eigenvalue weighted by Crippen LogP contribution is -2.53. The maximum atomic E-state index is 12.4. The Morgan fingerprint density at radius 3 is 2.79 bits per heavy atom. The van der Waals surface area contributed by atoms with Crippen LogP contribution >= 0.6 is 0 Å². The average Bonchev–Trinajstić information content (AvgIpc) is 3.04. The number of aromatic nitrogens is 3. The number of rotatable bonds is 3. The van der Waals surface area contributed by atoms with Gasteiger partial charge in [-0.25, -0.2) is 0 Å². The van der Waals surface area contributed by atoms with Gasteiger partial charge in [-0.05, 0) is 18.6 Å². The zero-order chi connectivity index (χ0) is 16.5. The summed E-state index contributed by atoms with van der Waals surface area (Å²) in [4.78, 5) is 33.7. The third-order valence-corrected chi connectivity index (χ3v) is 4.54. The Kier molecular flexibility index (Phi) is 3.72. The highest BCUT2D eigenvalue weighted by atomic mass is 16.5. The molecule has 0 spiro atoms. The zero-order valence-electron chi connectivity index (χ0n) is 13.0. The van der Waals surface area contributed by atoms with Crippen LogP contribution in [0.1, 0.15) is 24.7 Å². The van der Waals surface area contributed by atoms with E-state index in [2.05, 4.69) is 20.4 Å². The molecule has 0 saturated carbocycles. The molecule has 24 heavy (non-hydrogen) atoms. The van der Waals surface area contributed by atoms with Crippen LogP contribution in [0.25, 0.3) is 11.4 Å². The molecule has 0 aromatic carbocycles. The maximum absolute atomic E-state index is 12.4. The molecular weight excluding hydrogens is 310 g/mol. The summed E-state index contributed by atoms with van der Waals surface area (Å²) in [5, 5.41) is 6.74. The number of hydrogen-bond donors (Lipinski definition) is 1. The summed E-state index contributed by atoms with van der Waals surface area (Å²) in [5.41, 5.74) is 0.852. The minimum absolute atomic E-state index is 0.0232. The first kappa shape index (κ1) is 14.8. The van der Waals surface area contributed by atoms with Crippen molar-refractivity contribution in [3.05, 3.63) is 30.4 Å². The zero-order valence-corrected chi connectivity index (χ0v) is 13.0. The molecule has 1 N–H and O–H groups in total. The molecule has 2 fully saturated rings. The van der Waals surface area contributed by atoms with Crippen molar-refractivity contribution in [2.24, 2.45) is 5.92 Å². The Hall–Kier alpha value is -2.77. The van der Waals surface area contributed by atoms with Crippen LogP contribution in [0.5, 0.6) is 0 Å². The van der Waals surface area contributed by atoms with Crippen LogP contribution in [0.4, 0.5) is 0 Å². The second-order valence-electron chi connectivity index (χ2n) is 6.17. The molecular formula is C16H17N5O3. The van der Waals surface area contributed by atoms with E-state index in [0.29, 0.717) is 44.2 Å². The van der Waals surface area contributed by atoms with Crippen molar-refractivity contribution in [3.63, 3.8) is 0 Å². The van der Waals surface area contributed by atoms with Crippen LogP contribution in [0, 0.1) is 5.92 Å². The van der Waals surface area contributed by atoms with E-state index in [4.69, 9.17) is 4.52 Å². The molecule has 0 radical (unpaired) electrons. The fourth-order valence-electron chi connectivity index (χ4n) is 3.04. The third kappa shape index (κ3) is 2.75. The minimum Gasteiger partial charge on any atom is -0.355 e. The van der Waals surface area contributed by atoms with Gasteiger partial charge < -0.3 is 14.7 Å². The molecule has 1 atom stereocenters. The maximum Gasteiger partial charge on any atom is 0.233 e. The Balaban J connectivity index is 1.35. The van der Waals surface area contributed by atoms with Gasteiger partial charge in [-0.2, -0.15) is 4.98 Å². The molecule has 0 aliphatic carbocycles. The number of amides is 2. The number of piperidine rings is 1. The number of pyridine rings is 1. The number of hydrogen-bond acceptors (Lipinski definition) is 6. The second-order valence-corrected chi connectivity index (χ2v) is 6.17. The van der Waals surface area contributed by atoms with Crippen molar-refractivity contribution in [1.82, 2.24) is 25.3 Å². The largest absolute Gasteiger partial charge is 0.355 e. The Morgan fingerprint density at radius 1 is 1.29 bits per heavy atom. The van der Waals surface area contributed by atoms with Crippen molar-refractivity contribution in [1.29, 1.82) is 0 Å². The molecule has 2 amide bonds. The van der Waals surface area contributed by atoms with Gasteiger partial charge in [0.2, 0.25) is 23.5 Å². The highest BCUT2D eigenvalue weighted by Gasteiger charge is 2.39. The Morgan fingerprint density at radius 2 is 2.08 bits per heavy atom. The van der Waals surface area contributed by atoms with E-state index in [1.165, 1.54) is 0 Å². The summed E-state index contributed by atoms with van der Waals surface area (Å²) >= 11 is 0. The molecule has 2 aliphatic rings. The number of nitrogens with one attached hydrogen (secondary N) is 1. The molecule has 4 rings (SSSR count). The average molecular weight is 327 g/mol. The summed E-state index contributed by atoms with van der Waals surface area (Å²) in [6, 6.07) is 3.64. The lowest BCUT2D eigenvalue weighted by atomic mass is 9.93. The van der Waals surface area contributed by atoms with Gasteiger partial charge in [0.1, 0.15) is 0 Å². The van der Waals surface area contributed by atoms with Crippen LogP contribution in [0.15, 0.2) is 29.0 Å². The van der Waals surface area contributed by atoms with Crippen LogP contribution < -0.4 is 5.32 Å². The van der Waals surface area contributed by atoms with Gasteiger partial charge in [0.05, 0.1) is 11.8 Å². The summed E-state index contributed by atoms with van der Waals surface area (Å²) < 4.78 is 5.33. The van der Waals surface area contributed by atoms with E-state index < -0.39 is 0 Å². The molecule has 2 aliphatic heterocycles. The van der Waals surface area contributed by atoms with Crippen molar-refractivity contribution in [2.75, 3.05) is 19.6 Å². The fraction of sp³-hybridized carbons (Fsp3) is 0.438. The highest BCUT2D eigenvalue weighted by molar-refractivity contribution is 5.84. The van der Waals surface area contributed by atoms with E-state index >= 15 is 0 Å². The molecule has 8 heteroatoms. The van der Waals surface area contributed by atoms with Gasteiger partial charge >= 0.3 is 0 Å². The van der Waals surface area contributed by atoms with Gasteiger partial charge in [-0.1, -0.05) is 5.16 Å².